The fraction of sp³-hybridized carbons (Fsp3) is 0.115. The number of fused-ring (bicyclic) bond motifs is 1. The van der Waals surface area contributed by atoms with E-state index in [9.17, 15) is 4.79 Å². The zero-order chi connectivity index (χ0) is 21.0. The summed E-state index contributed by atoms with van der Waals surface area (Å²) in [5.41, 5.74) is 2.35. The van der Waals surface area contributed by atoms with Crippen LogP contribution in [0.5, 0.6) is 11.5 Å². The van der Waals surface area contributed by atoms with Crippen molar-refractivity contribution in [2.45, 2.75) is 5.41 Å². The van der Waals surface area contributed by atoms with Gasteiger partial charge >= 0.3 is 0 Å². The Morgan fingerprint density at radius 1 is 0.767 bits per heavy atom. The molecule has 0 saturated heterocycles. The first-order valence-corrected chi connectivity index (χ1v) is 9.44. The lowest BCUT2D eigenvalue weighted by Crippen LogP contribution is -2.37. The normalized spacial score (nSPS) is 13.5. The Bertz CT molecular complexity index is 1090. The average molecular weight is 393 g/mol. The predicted octanol–water partition coefficient (Wildman–Crippen LogP) is 4.00. The Balaban J connectivity index is 1.84. The van der Waals surface area contributed by atoms with E-state index in [1.54, 1.807) is 0 Å². The van der Waals surface area contributed by atoms with Crippen molar-refractivity contribution >= 4 is 11.6 Å². The van der Waals surface area contributed by atoms with Crippen LogP contribution in [0, 0.1) is 24.7 Å². The molecule has 146 valence electrons. The predicted molar refractivity (Wildman–Crippen MR) is 116 cm³/mol. The Kier molecular flexibility index (Phi) is 5.16. The minimum Gasteiger partial charge on any atom is -0.481 e. The van der Waals surface area contributed by atoms with E-state index in [0.717, 1.165) is 22.4 Å². The summed E-state index contributed by atoms with van der Waals surface area (Å²) >= 11 is 0. The van der Waals surface area contributed by atoms with Crippen LogP contribution in [0.1, 0.15) is 16.7 Å². The van der Waals surface area contributed by atoms with E-state index in [-0.39, 0.29) is 19.1 Å². The van der Waals surface area contributed by atoms with Crippen LogP contribution < -0.4 is 14.8 Å². The van der Waals surface area contributed by atoms with Crippen LogP contribution in [-0.2, 0) is 10.2 Å². The van der Waals surface area contributed by atoms with E-state index in [1.807, 2.05) is 72.8 Å². The number of anilines is 1. The lowest BCUT2D eigenvalue weighted by Gasteiger charge is -2.29. The third-order valence-electron chi connectivity index (χ3n) is 5.14. The molecule has 0 aromatic heterocycles. The van der Waals surface area contributed by atoms with Gasteiger partial charge in [-0.1, -0.05) is 54.3 Å². The maximum atomic E-state index is 13.4. The molecule has 1 amide bonds. The number of hydrogen-bond donors (Lipinski definition) is 1. The van der Waals surface area contributed by atoms with Crippen LogP contribution in [0.3, 0.4) is 0 Å². The molecule has 1 aliphatic rings. The Morgan fingerprint density at radius 3 is 1.77 bits per heavy atom. The summed E-state index contributed by atoms with van der Waals surface area (Å²) in [4.78, 5) is 13.4. The van der Waals surface area contributed by atoms with Gasteiger partial charge in [-0.15, -0.1) is 12.8 Å². The van der Waals surface area contributed by atoms with Crippen LogP contribution in [0.2, 0.25) is 0 Å². The van der Waals surface area contributed by atoms with Crippen LogP contribution in [0.4, 0.5) is 5.69 Å². The highest BCUT2D eigenvalue weighted by Crippen LogP contribution is 2.48. The van der Waals surface area contributed by atoms with Crippen molar-refractivity contribution in [2.75, 3.05) is 18.5 Å². The SMILES string of the molecule is C#CCOc1ccc(C2(c3ccc(OCC#C)cc3)C(=O)Nc3ccccc32)cc1. The van der Waals surface area contributed by atoms with Crippen LogP contribution >= 0.6 is 0 Å². The number of benzene rings is 3. The monoisotopic (exact) mass is 393 g/mol. The molecule has 4 rings (SSSR count). The van der Waals surface area contributed by atoms with Crippen molar-refractivity contribution in [2.24, 2.45) is 0 Å². The van der Waals surface area contributed by atoms with E-state index < -0.39 is 5.41 Å². The van der Waals surface area contributed by atoms with Gasteiger partial charge in [0.2, 0.25) is 5.91 Å². The summed E-state index contributed by atoms with van der Waals surface area (Å²) < 4.78 is 11.0. The number of nitrogens with one attached hydrogen (secondary N) is 1. The van der Waals surface area contributed by atoms with Gasteiger partial charge in [-0.2, -0.15) is 0 Å². The topological polar surface area (TPSA) is 47.6 Å². The van der Waals surface area contributed by atoms with Crippen LogP contribution in [-0.4, -0.2) is 19.1 Å². The summed E-state index contributed by atoms with van der Waals surface area (Å²) in [7, 11) is 0. The van der Waals surface area contributed by atoms with Gasteiger partial charge in [0.1, 0.15) is 30.1 Å². The van der Waals surface area contributed by atoms with Crippen LogP contribution in [0.25, 0.3) is 0 Å². The van der Waals surface area contributed by atoms with E-state index >= 15 is 0 Å². The van der Waals surface area contributed by atoms with Gasteiger partial charge in [0.05, 0.1) is 0 Å². The maximum Gasteiger partial charge on any atom is 0.244 e. The number of hydrogen-bond acceptors (Lipinski definition) is 3. The molecule has 0 bridgehead atoms. The maximum absolute atomic E-state index is 13.4. The van der Waals surface area contributed by atoms with Crippen molar-refractivity contribution < 1.29 is 14.3 Å². The van der Waals surface area contributed by atoms with Crippen molar-refractivity contribution in [3.63, 3.8) is 0 Å². The van der Waals surface area contributed by atoms with E-state index in [4.69, 9.17) is 22.3 Å². The molecule has 1 heterocycles. The second-order valence-corrected chi connectivity index (χ2v) is 6.78. The molecule has 4 nitrogen and oxygen atoms in total. The first kappa shape index (κ1) is 19.2. The zero-order valence-corrected chi connectivity index (χ0v) is 16.2. The first-order valence-electron chi connectivity index (χ1n) is 9.44. The van der Waals surface area contributed by atoms with Gasteiger partial charge in [-0.25, -0.2) is 0 Å². The largest absolute Gasteiger partial charge is 0.481 e. The molecule has 0 spiro atoms. The van der Waals surface area contributed by atoms with Crippen molar-refractivity contribution in [3.8, 4) is 36.2 Å². The number of carbonyl (C=O) groups is 1. The van der Waals surface area contributed by atoms with Gasteiger partial charge in [0.15, 0.2) is 0 Å². The van der Waals surface area contributed by atoms with Crippen molar-refractivity contribution in [3.05, 3.63) is 89.5 Å². The lowest BCUT2D eigenvalue weighted by atomic mass is 9.70. The Hall–Kier alpha value is -4.15. The standard InChI is InChI=1S/C26H19NO3/c1-3-17-29-21-13-9-19(10-14-21)26(20-11-15-22(16-12-20)30-18-4-2)23-7-5-6-8-24(23)27-25(26)28/h1-2,5-16H,17-18H2,(H,27,28). The second-order valence-electron chi connectivity index (χ2n) is 6.78. The van der Waals surface area contributed by atoms with E-state index in [0.29, 0.717) is 11.5 Å². The molecular weight excluding hydrogens is 374 g/mol. The second kappa shape index (κ2) is 8.07. The third-order valence-corrected chi connectivity index (χ3v) is 5.14. The molecule has 4 heteroatoms. The highest BCUT2D eigenvalue weighted by molar-refractivity contribution is 6.11. The summed E-state index contributed by atoms with van der Waals surface area (Å²) in [6, 6.07) is 22.6. The lowest BCUT2D eigenvalue weighted by molar-refractivity contribution is -0.118. The molecule has 0 radical (unpaired) electrons. The van der Waals surface area contributed by atoms with Crippen LogP contribution in [0.15, 0.2) is 72.8 Å². The fourth-order valence-electron chi connectivity index (χ4n) is 3.85. The highest BCUT2D eigenvalue weighted by Gasteiger charge is 2.49. The third kappa shape index (κ3) is 3.15. The minimum atomic E-state index is -0.994. The molecule has 3 aromatic rings. The molecule has 3 aromatic carbocycles. The van der Waals surface area contributed by atoms with Crippen molar-refractivity contribution in [1.82, 2.24) is 0 Å². The van der Waals surface area contributed by atoms with E-state index in [1.165, 1.54) is 0 Å². The smallest absolute Gasteiger partial charge is 0.244 e. The summed E-state index contributed by atoms with van der Waals surface area (Å²) in [6.07, 6.45) is 10.5. The molecule has 1 aliphatic heterocycles. The molecule has 30 heavy (non-hydrogen) atoms. The number of ether oxygens (including phenoxy) is 2. The minimum absolute atomic E-state index is 0.113. The number of amides is 1. The molecule has 0 saturated carbocycles. The number of rotatable bonds is 6. The molecule has 0 aliphatic carbocycles. The molecule has 0 unspecified atom stereocenters. The average Bonchev–Trinajstić information content (AvgIpc) is 3.09. The van der Waals surface area contributed by atoms with Gasteiger partial charge in [0.25, 0.3) is 0 Å². The van der Waals surface area contributed by atoms with Gasteiger partial charge in [0, 0.05) is 11.3 Å². The van der Waals surface area contributed by atoms with Gasteiger partial charge in [-0.05, 0) is 41.5 Å². The van der Waals surface area contributed by atoms with Gasteiger partial charge < -0.3 is 14.8 Å². The highest BCUT2D eigenvalue weighted by atomic mass is 16.5. The molecular formula is C26H19NO3. The van der Waals surface area contributed by atoms with E-state index in [2.05, 4.69) is 17.2 Å². The molecule has 0 fully saturated rings. The Labute approximate surface area is 175 Å². The first-order chi connectivity index (χ1) is 14.7. The van der Waals surface area contributed by atoms with Gasteiger partial charge in [-0.3, -0.25) is 4.79 Å². The van der Waals surface area contributed by atoms with Crippen molar-refractivity contribution in [1.29, 1.82) is 0 Å². The quantitative estimate of drug-likeness (QED) is 0.644. The number of carbonyl (C=O) groups excluding carboxylic acids is 1. The number of para-hydroxylation sites is 1. The zero-order valence-electron chi connectivity index (χ0n) is 16.2. The summed E-state index contributed by atoms with van der Waals surface area (Å²) in [5.74, 6) is 6.08. The summed E-state index contributed by atoms with van der Waals surface area (Å²) in [6.45, 7) is 0.375. The number of terminal acetylenes is 2. The fourth-order valence-corrected chi connectivity index (χ4v) is 3.85. The molecule has 1 N–H and O–H groups in total. The molecule has 0 atom stereocenters. The summed E-state index contributed by atoms with van der Waals surface area (Å²) in [5, 5.41) is 3.03. The Morgan fingerprint density at radius 2 is 1.27 bits per heavy atom.